The van der Waals surface area contributed by atoms with Gasteiger partial charge in [0.25, 0.3) is 0 Å². The molecule has 0 amide bonds. The van der Waals surface area contributed by atoms with Gasteiger partial charge in [-0.05, 0) is 31.5 Å². The van der Waals surface area contributed by atoms with Crippen molar-refractivity contribution >= 4 is 21.6 Å². The van der Waals surface area contributed by atoms with Crippen molar-refractivity contribution in [2.24, 2.45) is 0 Å². The predicted octanol–water partition coefficient (Wildman–Crippen LogP) is 2.97. The van der Waals surface area contributed by atoms with Crippen molar-refractivity contribution in [3.63, 3.8) is 0 Å². The van der Waals surface area contributed by atoms with Crippen LogP contribution in [0.4, 0.5) is 5.69 Å². The monoisotopic (exact) mass is 312 g/mol. The van der Waals surface area contributed by atoms with Crippen LogP contribution >= 0.6 is 15.9 Å². The lowest BCUT2D eigenvalue weighted by atomic mass is 10.3. The van der Waals surface area contributed by atoms with E-state index in [1.165, 1.54) is 5.69 Å². The van der Waals surface area contributed by atoms with Crippen molar-refractivity contribution in [2.45, 2.75) is 19.4 Å². The van der Waals surface area contributed by atoms with Crippen molar-refractivity contribution in [2.75, 3.05) is 38.1 Å². The highest BCUT2D eigenvalue weighted by Gasteiger charge is 2.13. The van der Waals surface area contributed by atoms with Gasteiger partial charge in [-0.1, -0.05) is 22.0 Å². The van der Waals surface area contributed by atoms with Crippen LogP contribution in [0.5, 0.6) is 0 Å². The molecule has 1 saturated heterocycles. The molecule has 18 heavy (non-hydrogen) atoms. The van der Waals surface area contributed by atoms with Gasteiger partial charge in [-0.3, -0.25) is 4.90 Å². The number of halogens is 1. The Morgan fingerprint density at radius 3 is 3.22 bits per heavy atom. The zero-order chi connectivity index (χ0) is 12.8. The molecule has 1 aromatic carbocycles. The number of benzene rings is 1. The molecular weight excluding hydrogens is 292 g/mol. The van der Waals surface area contributed by atoms with E-state index >= 15 is 0 Å². The summed E-state index contributed by atoms with van der Waals surface area (Å²) in [6, 6.07) is 8.29. The zero-order valence-electron chi connectivity index (χ0n) is 10.9. The quantitative estimate of drug-likeness (QED) is 0.925. The maximum absolute atomic E-state index is 5.65. The second kappa shape index (κ2) is 7.12. The first kappa shape index (κ1) is 13.8. The van der Waals surface area contributed by atoms with E-state index in [1.54, 1.807) is 0 Å². The normalized spacial score (nSPS) is 21.6. The van der Waals surface area contributed by atoms with E-state index in [-0.39, 0.29) is 0 Å². The maximum atomic E-state index is 5.65. The maximum Gasteiger partial charge on any atom is 0.0673 e. The topological polar surface area (TPSA) is 24.5 Å². The third kappa shape index (κ3) is 4.59. The number of nitrogens with one attached hydrogen (secondary N) is 1. The molecule has 1 aromatic rings. The molecule has 0 aromatic heterocycles. The summed E-state index contributed by atoms with van der Waals surface area (Å²) in [5.74, 6) is 0. The van der Waals surface area contributed by atoms with Crippen LogP contribution in [0.25, 0.3) is 0 Å². The molecule has 0 spiro atoms. The van der Waals surface area contributed by atoms with E-state index in [9.17, 15) is 0 Å². The van der Waals surface area contributed by atoms with Gasteiger partial charge in [0.2, 0.25) is 0 Å². The Labute approximate surface area is 118 Å². The zero-order valence-corrected chi connectivity index (χ0v) is 12.4. The predicted molar refractivity (Wildman–Crippen MR) is 79.1 cm³/mol. The summed E-state index contributed by atoms with van der Waals surface area (Å²) >= 11 is 3.48. The van der Waals surface area contributed by atoms with Crippen LogP contribution in [0.2, 0.25) is 0 Å². The summed E-state index contributed by atoms with van der Waals surface area (Å²) in [7, 11) is 0. The van der Waals surface area contributed by atoms with Gasteiger partial charge in [-0.2, -0.15) is 0 Å². The van der Waals surface area contributed by atoms with Crippen LogP contribution in [0.15, 0.2) is 28.7 Å². The first-order chi connectivity index (χ1) is 8.74. The fourth-order valence-electron chi connectivity index (χ4n) is 2.24. The van der Waals surface area contributed by atoms with Gasteiger partial charge in [0.05, 0.1) is 6.10 Å². The van der Waals surface area contributed by atoms with Gasteiger partial charge < -0.3 is 10.1 Å². The Hall–Kier alpha value is -0.580. The summed E-state index contributed by atoms with van der Waals surface area (Å²) in [6.45, 7) is 7.28. The van der Waals surface area contributed by atoms with Crippen LogP contribution in [0.3, 0.4) is 0 Å². The molecule has 1 aliphatic heterocycles. The minimum absolute atomic E-state index is 0.360. The Morgan fingerprint density at radius 1 is 1.50 bits per heavy atom. The van der Waals surface area contributed by atoms with Gasteiger partial charge in [-0.25, -0.2) is 0 Å². The minimum atomic E-state index is 0.360. The summed E-state index contributed by atoms with van der Waals surface area (Å²) < 4.78 is 6.76. The Balaban J connectivity index is 1.74. The van der Waals surface area contributed by atoms with Crippen molar-refractivity contribution < 1.29 is 4.74 Å². The van der Waals surface area contributed by atoms with E-state index in [0.717, 1.165) is 43.7 Å². The lowest BCUT2D eigenvalue weighted by Gasteiger charge is -2.22. The Morgan fingerprint density at radius 2 is 2.39 bits per heavy atom. The molecular formula is C14H21BrN2O. The lowest BCUT2D eigenvalue weighted by Crippen LogP contribution is -2.34. The summed E-state index contributed by atoms with van der Waals surface area (Å²) in [4.78, 5) is 2.47. The smallest absolute Gasteiger partial charge is 0.0673 e. The molecule has 0 bridgehead atoms. The fourth-order valence-corrected chi connectivity index (χ4v) is 2.64. The van der Waals surface area contributed by atoms with Gasteiger partial charge in [0.1, 0.15) is 0 Å². The highest BCUT2D eigenvalue weighted by atomic mass is 79.9. The van der Waals surface area contributed by atoms with E-state index in [2.05, 4.69) is 45.2 Å². The summed E-state index contributed by atoms with van der Waals surface area (Å²) in [5, 5.41) is 3.46. The third-order valence-electron chi connectivity index (χ3n) is 3.12. The second-order valence-corrected chi connectivity index (χ2v) is 5.69. The number of hydrogen-bond acceptors (Lipinski definition) is 3. The first-order valence-corrected chi connectivity index (χ1v) is 7.37. The number of nitrogens with zero attached hydrogens (tertiary/aromatic N) is 1. The van der Waals surface area contributed by atoms with Gasteiger partial charge in [0, 0.05) is 42.9 Å². The highest BCUT2D eigenvalue weighted by molar-refractivity contribution is 9.10. The van der Waals surface area contributed by atoms with Crippen molar-refractivity contribution in [3.05, 3.63) is 28.7 Å². The standard InChI is InChI=1S/C14H21BrN2O/c1-12-11-17(7-3-9-18-12)8-6-16-14-5-2-4-13(15)10-14/h2,4-5,10,12,16H,3,6-9,11H2,1H3. The average molecular weight is 313 g/mol. The summed E-state index contributed by atoms with van der Waals surface area (Å²) in [5.41, 5.74) is 1.17. The first-order valence-electron chi connectivity index (χ1n) is 6.57. The Kier molecular flexibility index (Phi) is 5.47. The van der Waals surface area contributed by atoms with E-state index in [0.29, 0.717) is 6.10 Å². The fraction of sp³-hybridized carbons (Fsp3) is 0.571. The van der Waals surface area contributed by atoms with Gasteiger partial charge in [0.15, 0.2) is 0 Å². The van der Waals surface area contributed by atoms with Crippen LogP contribution in [-0.2, 0) is 4.74 Å². The molecule has 1 unspecified atom stereocenters. The van der Waals surface area contributed by atoms with E-state index < -0.39 is 0 Å². The van der Waals surface area contributed by atoms with Gasteiger partial charge >= 0.3 is 0 Å². The van der Waals surface area contributed by atoms with Crippen molar-refractivity contribution in [3.8, 4) is 0 Å². The molecule has 1 N–H and O–H groups in total. The molecule has 4 heteroatoms. The van der Waals surface area contributed by atoms with Crippen LogP contribution in [-0.4, -0.2) is 43.8 Å². The Bertz CT molecular complexity index is 373. The number of hydrogen-bond donors (Lipinski definition) is 1. The molecule has 0 radical (unpaired) electrons. The molecule has 1 aliphatic rings. The molecule has 2 rings (SSSR count). The minimum Gasteiger partial charge on any atom is -0.384 e. The molecule has 1 heterocycles. The molecule has 1 fully saturated rings. The van der Waals surface area contributed by atoms with Crippen molar-refractivity contribution in [1.82, 2.24) is 4.90 Å². The average Bonchev–Trinajstić information content (AvgIpc) is 2.54. The highest BCUT2D eigenvalue weighted by Crippen LogP contribution is 2.15. The van der Waals surface area contributed by atoms with E-state index in [4.69, 9.17) is 4.74 Å². The second-order valence-electron chi connectivity index (χ2n) is 4.77. The van der Waals surface area contributed by atoms with E-state index in [1.807, 2.05) is 12.1 Å². The van der Waals surface area contributed by atoms with Crippen LogP contribution < -0.4 is 5.32 Å². The number of anilines is 1. The SMILES string of the molecule is CC1CN(CCNc2cccc(Br)c2)CCCO1. The van der Waals surface area contributed by atoms with Crippen LogP contribution in [0, 0.1) is 0 Å². The molecule has 100 valence electrons. The largest absolute Gasteiger partial charge is 0.384 e. The molecule has 0 saturated carbocycles. The van der Waals surface area contributed by atoms with Crippen molar-refractivity contribution in [1.29, 1.82) is 0 Å². The van der Waals surface area contributed by atoms with Gasteiger partial charge in [-0.15, -0.1) is 0 Å². The lowest BCUT2D eigenvalue weighted by molar-refractivity contribution is 0.0683. The number of ether oxygens (including phenoxy) is 1. The van der Waals surface area contributed by atoms with Crippen LogP contribution in [0.1, 0.15) is 13.3 Å². The summed E-state index contributed by atoms with van der Waals surface area (Å²) in [6.07, 6.45) is 1.50. The molecule has 0 aliphatic carbocycles. The molecule has 3 nitrogen and oxygen atoms in total. The molecule has 1 atom stereocenters. The third-order valence-corrected chi connectivity index (χ3v) is 3.61. The number of rotatable bonds is 4.